The van der Waals surface area contributed by atoms with Gasteiger partial charge in [-0.25, -0.2) is 4.79 Å². The third-order valence-electron chi connectivity index (χ3n) is 5.18. The van der Waals surface area contributed by atoms with Gasteiger partial charge in [0.15, 0.2) is 0 Å². The first-order valence-electron chi connectivity index (χ1n) is 10.9. The zero-order valence-electron chi connectivity index (χ0n) is 19.2. The van der Waals surface area contributed by atoms with Crippen LogP contribution in [0.5, 0.6) is 5.75 Å². The minimum Gasteiger partial charge on any atom is -0.507 e. The number of anilines is 1. The highest BCUT2D eigenvalue weighted by Crippen LogP contribution is 2.30. The number of carbonyl (C=O) groups excluding carboxylic acids is 3. The lowest BCUT2D eigenvalue weighted by Gasteiger charge is -2.10. The van der Waals surface area contributed by atoms with Crippen LogP contribution in [0.2, 0.25) is 0 Å². The molecule has 184 valence electrons. The number of nitriles is 1. The lowest BCUT2D eigenvalue weighted by atomic mass is 10.0. The summed E-state index contributed by atoms with van der Waals surface area (Å²) in [6, 6.07) is 23.1. The molecule has 10 heteroatoms. The second-order valence-corrected chi connectivity index (χ2v) is 7.65. The summed E-state index contributed by atoms with van der Waals surface area (Å²) in [7, 11) is 0. The Morgan fingerprint density at radius 3 is 2.30 bits per heavy atom. The number of amides is 3. The maximum absolute atomic E-state index is 12.9. The second-order valence-electron chi connectivity index (χ2n) is 7.65. The molecule has 0 aliphatic rings. The fourth-order valence-electron chi connectivity index (χ4n) is 3.42. The normalized spacial score (nSPS) is 10.1. The number of rotatable bonds is 6. The molecular formula is C27H20N4O6. The minimum absolute atomic E-state index is 0.0518. The Kier molecular flexibility index (Phi) is 7.46. The SMILES string of the molecule is N#Cc1cc(C(=O)NNC(=O)c2occ(COC(=O)Nc3ccccc3)c2-c2ccccc2)ccc1O. The van der Waals surface area contributed by atoms with E-state index in [1.807, 2.05) is 6.07 Å². The van der Waals surface area contributed by atoms with Crippen molar-refractivity contribution in [1.82, 2.24) is 10.9 Å². The molecule has 37 heavy (non-hydrogen) atoms. The maximum atomic E-state index is 12.9. The number of hydrogen-bond donors (Lipinski definition) is 4. The highest BCUT2D eigenvalue weighted by atomic mass is 16.5. The van der Waals surface area contributed by atoms with Gasteiger partial charge in [0.05, 0.1) is 11.8 Å². The zero-order chi connectivity index (χ0) is 26.2. The summed E-state index contributed by atoms with van der Waals surface area (Å²) >= 11 is 0. The minimum atomic E-state index is -0.758. The average molecular weight is 496 g/mol. The molecule has 0 spiro atoms. The maximum Gasteiger partial charge on any atom is 0.411 e. The van der Waals surface area contributed by atoms with E-state index in [1.54, 1.807) is 60.7 Å². The van der Waals surface area contributed by atoms with E-state index >= 15 is 0 Å². The van der Waals surface area contributed by atoms with Crippen molar-refractivity contribution in [3.63, 3.8) is 0 Å². The lowest BCUT2D eigenvalue weighted by Crippen LogP contribution is -2.41. The average Bonchev–Trinajstić information content (AvgIpc) is 3.36. The number of benzene rings is 3. The molecule has 1 aromatic heterocycles. The molecule has 4 N–H and O–H groups in total. The van der Waals surface area contributed by atoms with E-state index in [0.717, 1.165) is 0 Å². The molecule has 0 atom stereocenters. The number of phenols is 1. The topological polar surface area (TPSA) is 154 Å². The summed E-state index contributed by atoms with van der Waals surface area (Å²) < 4.78 is 10.8. The molecule has 0 aliphatic carbocycles. The van der Waals surface area contributed by atoms with Crippen LogP contribution in [0.4, 0.5) is 10.5 Å². The Labute approximate surface area is 211 Å². The van der Waals surface area contributed by atoms with Gasteiger partial charge in [0.2, 0.25) is 5.76 Å². The Morgan fingerprint density at radius 2 is 1.59 bits per heavy atom. The van der Waals surface area contributed by atoms with E-state index in [4.69, 9.17) is 14.4 Å². The van der Waals surface area contributed by atoms with E-state index in [1.165, 1.54) is 24.5 Å². The highest BCUT2D eigenvalue weighted by molar-refractivity contribution is 6.02. The Bertz CT molecular complexity index is 1480. The third-order valence-corrected chi connectivity index (χ3v) is 5.18. The molecule has 3 amide bonds. The Hall–Kier alpha value is -5.56. The second kappa shape index (κ2) is 11.2. The van der Waals surface area contributed by atoms with Gasteiger partial charge in [0, 0.05) is 22.4 Å². The predicted octanol–water partition coefficient (Wildman–Crippen LogP) is 4.35. The molecule has 4 rings (SSSR count). The van der Waals surface area contributed by atoms with Crippen molar-refractivity contribution in [2.45, 2.75) is 6.61 Å². The van der Waals surface area contributed by atoms with Gasteiger partial charge in [-0.3, -0.25) is 25.8 Å². The zero-order valence-corrected chi connectivity index (χ0v) is 19.2. The molecule has 0 radical (unpaired) electrons. The molecule has 3 aromatic carbocycles. The van der Waals surface area contributed by atoms with Crippen LogP contribution in [0.25, 0.3) is 11.1 Å². The van der Waals surface area contributed by atoms with Crippen LogP contribution >= 0.6 is 0 Å². The van der Waals surface area contributed by atoms with E-state index in [2.05, 4.69) is 16.2 Å². The van der Waals surface area contributed by atoms with Crippen molar-refractivity contribution >= 4 is 23.6 Å². The standard InChI is InChI=1S/C27H20N4O6/c28-14-19-13-18(11-12-22(19)32)25(33)30-31-26(34)24-23(17-7-3-1-4-8-17)20(15-36-24)16-37-27(35)29-21-9-5-2-6-10-21/h1-13,15,32H,16H2,(H,29,35)(H,30,33)(H,31,34). The highest BCUT2D eigenvalue weighted by Gasteiger charge is 2.23. The van der Waals surface area contributed by atoms with Gasteiger partial charge in [-0.1, -0.05) is 48.5 Å². The number of hydrazine groups is 1. The van der Waals surface area contributed by atoms with Crippen LogP contribution in [-0.2, 0) is 11.3 Å². The van der Waals surface area contributed by atoms with Crippen LogP contribution in [0.3, 0.4) is 0 Å². The number of para-hydroxylation sites is 1. The number of ether oxygens (including phenoxy) is 1. The van der Waals surface area contributed by atoms with E-state index in [9.17, 15) is 19.5 Å². The van der Waals surface area contributed by atoms with Crippen molar-refractivity contribution < 1.29 is 28.6 Å². The molecular weight excluding hydrogens is 476 g/mol. The summed E-state index contributed by atoms with van der Waals surface area (Å²) in [6.45, 7) is -0.184. The van der Waals surface area contributed by atoms with Gasteiger partial charge in [-0.2, -0.15) is 5.26 Å². The Balaban J connectivity index is 1.49. The van der Waals surface area contributed by atoms with E-state index in [-0.39, 0.29) is 29.2 Å². The fourth-order valence-corrected chi connectivity index (χ4v) is 3.42. The number of hydrogen-bond acceptors (Lipinski definition) is 7. The van der Waals surface area contributed by atoms with Crippen LogP contribution in [-0.4, -0.2) is 23.0 Å². The number of phenolic OH excluding ortho intramolecular Hbond substituents is 1. The number of nitrogens with one attached hydrogen (secondary N) is 3. The summed E-state index contributed by atoms with van der Waals surface area (Å²) in [5.74, 6) is -1.85. The van der Waals surface area contributed by atoms with E-state index < -0.39 is 17.9 Å². The molecule has 0 bridgehead atoms. The molecule has 0 saturated heterocycles. The van der Waals surface area contributed by atoms with Gasteiger partial charge < -0.3 is 14.3 Å². The van der Waals surface area contributed by atoms with Crippen molar-refractivity contribution in [2.24, 2.45) is 0 Å². The predicted molar refractivity (Wildman–Crippen MR) is 132 cm³/mol. The molecule has 1 heterocycles. The lowest BCUT2D eigenvalue weighted by molar-refractivity contribution is 0.0831. The van der Waals surface area contributed by atoms with Gasteiger partial charge in [0.25, 0.3) is 5.91 Å². The molecule has 0 aliphatic heterocycles. The van der Waals surface area contributed by atoms with Crippen LogP contribution in [0.1, 0.15) is 32.0 Å². The fraction of sp³-hybridized carbons (Fsp3) is 0.0370. The number of furan rings is 1. The molecule has 0 unspecified atom stereocenters. The third kappa shape index (κ3) is 5.93. The van der Waals surface area contributed by atoms with Crippen molar-refractivity contribution in [1.29, 1.82) is 5.26 Å². The van der Waals surface area contributed by atoms with Crippen molar-refractivity contribution in [3.8, 4) is 22.9 Å². The molecule has 0 saturated carbocycles. The summed E-state index contributed by atoms with van der Waals surface area (Å²) in [5.41, 5.74) is 6.50. The monoisotopic (exact) mass is 496 g/mol. The van der Waals surface area contributed by atoms with Crippen LogP contribution < -0.4 is 16.2 Å². The smallest absolute Gasteiger partial charge is 0.411 e. The number of aromatic hydroxyl groups is 1. The first-order valence-corrected chi connectivity index (χ1v) is 10.9. The number of nitrogens with zero attached hydrogens (tertiary/aromatic N) is 1. The van der Waals surface area contributed by atoms with Crippen molar-refractivity contribution in [3.05, 3.63) is 108 Å². The van der Waals surface area contributed by atoms with Crippen LogP contribution in [0, 0.1) is 11.3 Å². The quantitative estimate of drug-likeness (QED) is 0.289. The first kappa shape index (κ1) is 24.6. The Morgan fingerprint density at radius 1 is 0.919 bits per heavy atom. The van der Waals surface area contributed by atoms with Gasteiger partial charge in [-0.15, -0.1) is 0 Å². The molecule has 0 fully saturated rings. The van der Waals surface area contributed by atoms with Gasteiger partial charge in [-0.05, 0) is 35.9 Å². The summed E-state index contributed by atoms with van der Waals surface area (Å²) in [4.78, 5) is 37.6. The summed E-state index contributed by atoms with van der Waals surface area (Å²) in [5, 5.41) is 21.2. The largest absolute Gasteiger partial charge is 0.507 e. The van der Waals surface area contributed by atoms with Crippen molar-refractivity contribution in [2.75, 3.05) is 5.32 Å². The molecule has 4 aromatic rings. The molecule has 10 nitrogen and oxygen atoms in total. The van der Waals surface area contributed by atoms with Gasteiger partial charge >= 0.3 is 12.0 Å². The van der Waals surface area contributed by atoms with Gasteiger partial charge in [0.1, 0.15) is 18.4 Å². The van der Waals surface area contributed by atoms with Crippen LogP contribution in [0.15, 0.2) is 89.5 Å². The van der Waals surface area contributed by atoms with E-state index in [0.29, 0.717) is 22.4 Å². The first-order chi connectivity index (χ1) is 18.0. The summed E-state index contributed by atoms with van der Waals surface area (Å²) in [6.07, 6.45) is 0.615. The number of carbonyl (C=O) groups is 3.